The number of hydrogen-bond acceptors (Lipinski definition) is 5. The predicted octanol–water partition coefficient (Wildman–Crippen LogP) is 3.41. The quantitative estimate of drug-likeness (QED) is 0.777. The summed E-state index contributed by atoms with van der Waals surface area (Å²) in [5.41, 5.74) is 1.33. The summed E-state index contributed by atoms with van der Waals surface area (Å²) in [7, 11) is 3.31. The lowest BCUT2D eigenvalue weighted by atomic mass is 9.77. The van der Waals surface area contributed by atoms with E-state index in [4.69, 9.17) is 14.2 Å². The van der Waals surface area contributed by atoms with Crippen LogP contribution in [0.15, 0.2) is 29.5 Å². The van der Waals surface area contributed by atoms with E-state index in [9.17, 15) is 9.59 Å². The van der Waals surface area contributed by atoms with Crippen molar-refractivity contribution in [2.75, 3.05) is 20.8 Å². The Labute approximate surface area is 165 Å². The first kappa shape index (κ1) is 18.8. The van der Waals surface area contributed by atoms with Gasteiger partial charge in [0.2, 0.25) is 0 Å². The highest BCUT2D eigenvalue weighted by Gasteiger charge is 2.50. The Bertz CT molecular complexity index is 830. The molecule has 0 aromatic heterocycles. The third-order valence-corrected chi connectivity index (χ3v) is 5.96. The number of Topliss-reactive ketones (excluding diaryl/α,β-unsaturated/α-hetero) is 1. The fourth-order valence-corrected chi connectivity index (χ4v) is 4.54. The molecule has 0 spiro atoms. The number of rotatable bonds is 5. The minimum absolute atomic E-state index is 0.0685. The number of benzene rings is 1. The molecule has 3 atom stereocenters. The monoisotopic (exact) mass is 385 g/mol. The first-order chi connectivity index (χ1) is 13.6. The minimum Gasteiger partial charge on any atom is -0.493 e. The Morgan fingerprint density at radius 2 is 1.96 bits per heavy atom. The van der Waals surface area contributed by atoms with Gasteiger partial charge in [-0.3, -0.25) is 9.59 Å². The zero-order chi connectivity index (χ0) is 19.8. The Kier molecular flexibility index (Phi) is 5.04. The number of methoxy groups -OCH3 is 1. The lowest BCUT2D eigenvalue weighted by molar-refractivity contribution is -0.134. The van der Waals surface area contributed by atoms with Crippen molar-refractivity contribution in [2.45, 2.75) is 51.2 Å². The lowest BCUT2D eigenvalue weighted by Crippen LogP contribution is -2.39. The molecule has 3 unspecified atom stereocenters. The molecule has 4 rings (SSSR count). The van der Waals surface area contributed by atoms with Crippen LogP contribution in [0.3, 0.4) is 0 Å². The summed E-state index contributed by atoms with van der Waals surface area (Å²) >= 11 is 0. The smallest absolute Gasteiger partial charge is 0.289 e. The third kappa shape index (κ3) is 2.95. The standard InChI is InChI=1S/C22H27NO5/c1-4-11-27-16-10-9-13(12-17(16)26-3)19-18-20(24)14-7-5-6-8-15(14)28-21(18)22(25)23(19)2/h9-10,12,14-15,19H,4-8,11H2,1-3H3. The van der Waals surface area contributed by atoms with E-state index < -0.39 is 6.04 Å². The Balaban J connectivity index is 1.72. The summed E-state index contributed by atoms with van der Waals surface area (Å²) in [6, 6.07) is 5.15. The minimum atomic E-state index is -0.452. The number of likely N-dealkylation sites (N-methyl/N-ethyl adjacent to an activating group) is 1. The average Bonchev–Trinajstić information content (AvgIpc) is 2.97. The summed E-state index contributed by atoms with van der Waals surface area (Å²) in [6.07, 6.45) is 4.49. The molecule has 1 aromatic carbocycles. The molecule has 3 aliphatic rings. The molecular formula is C22H27NO5. The van der Waals surface area contributed by atoms with Gasteiger partial charge in [-0.2, -0.15) is 0 Å². The third-order valence-electron chi connectivity index (χ3n) is 5.96. The fraction of sp³-hybridized carbons (Fsp3) is 0.545. The molecule has 28 heavy (non-hydrogen) atoms. The van der Waals surface area contributed by atoms with Gasteiger partial charge >= 0.3 is 0 Å². The number of ketones is 1. The highest BCUT2D eigenvalue weighted by Crippen LogP contribution is 2.47. The van der Waals surface area contributed by atoms with E-state index in [1.54, 1.807) is 19.1 Å². The Hall–Kier alpha value is -2.50. The van der Waals surface area contributed by atoms with Crippen molar-refractivity contribution < 1.29 is 23.8 Å². The van der Waals surface area contributed by atoms with Crippen molar-refractivity contribution in [3.8, 4) is 11.5 Å². The maximum Gasteiger partial charge on any atom is 0.289 e. The van der Waals surface area contributed by atoms with E-state index in [-0.39, 0.29) is 29.5 Å². The molecule has 1 aromatic rings. The van der Waals surface area contributed by atoms with Gasteiger partial charge in [0.15, 0.2) is 23.0 Å². The van der Waals surface area contributed by atoms with Crippen LogP contribution in [0.4, 0.5) is 0 Å². The number of ether oxygens (including phenoxy) is 3. The van der Waals surface area contributed by atoms with Crippen LogP contribution in [0, 0.1) is 5.92 Å². The van der Waals surface area contributed by atoms with E-state index in [2.05, 4.69) is 0 Å². The van der Waals surface area contributed by atoms with E-state index >= 15 is 0 Å². The van der Waals surface area contributed by atoms with Crippen LogP contribution in [-0.2, 0) is 14.3 Å². The Morgan fingerprint density at radius 3 is 2.71 bits per heavy atom. The molecule has 6 heteroatoms. The molecule has 6 nitrogen and oxygen atoms in total. The Morgan fingerprint density at radius 1 is 1.18 bits per heavy atom. The van der Waals surface area contributed by atoms with Gasteiger partial charge in [-0.05, 0) is 43.4 Å². The van der Waals surface area contributed by atoms with Crippen LogP contribution < -0.4 is 9.47 Å². The molecule has 1 saturated carbocycles. The molecule has 2 heterocycles. The van der Waals surface area contributed by atoms with Crippen molar-refractivity contribution in [3.63, 3.8) is 0 Å². The van der Waals surface area contributed by atoms with Gasteiger partial charge in [0.25, 0.3) is 5.91 Å². The lowest BCUT2D eigenvalue weighted by Gasteiger charge is -2.35. The molecule has 1 aliphatic carbocycles. The van der Waals surface area contributed by atoms with Crippen LogP contribution in [0.2, 0.25) is 0 Å². The molecule has 150 valence electrons. The van der Waals surface area contributed by atoms with Gasteiger partial charge in [0.1, 0.15) is 6.10 Å². The normalized spacial score (nSPS) is 26.7. The molecule has 0 N–H and O–H groups in total. The van der Waals surface area contributed by atoms with E-state index in [0.717, 1.165) is 37.7 Å². The number of hydrogen-bond donors (Lipinski definition) is 0. The van der Waals surface area contributed by atoms with Crippen molar-refractivity contribution in [1.29, 1.82) is 0 Å². The largest absolute Gasteiger partial charge is 0.493 e. The van der Waals surface area contributed by atoms with Gasteiger partial charge in [-0.15, -0.1) is 0 Å². The van der Waals surface area contributed by atoms with Gasteiger partial charge in [0, 0.05) is 7.05 Å². The molecule has 1 amide bonds. The fourth-order valence-electron chi connectivity index (χ4n) is 4.54. The van der Waals surface area contributed by atoms with E-state index in [0.29, 0.717) is 23.7 Å². The zero-order valence-corrected chi connectivity index (χ0v) is 16.7. The molecule has 0 radical (unpaired) electrons. The highest BCUT2D eigenvalue weighted by atomic mass is 16.5. The summed E-state index contributed by atoms with van der Waals surface area (Å²) < 4.78 is 17.3. The van der Waals surface area contributed by atoms with Gasteiger partial charge in [-0.1, -0.05) is 19.4 Å². The maximum atomic E-state index is 13.3. The zero-order valence-electron chi connectivity index (χ0n) is 16.7. The van der Waals surface area contributed by atoms with Crippen LogP contribution in [0.1, 0.15) is 50.6 Å². The summed E-state index contributed by atoms with van der Waals surface area (Å²) in [5, 5.41) is 0. The maximum absolute atomic E-state index is 13.3. The van der Waals surface area contributed by atoms with Crippen molar-refractivity contribution in [1.82, 2.24) is 4.90 Å². The van der Waals surface area contributed by atoms with Gasteiger partial charge < -0.3 is 19.1 Å². The number of carbonyl (C=O) groups excluding carboxylic acids is 2. The van der Waals surface area contributed by atoms with Crippen molar-refractivity contribution >= 4 is 11.7 Å². The van der Waals surface area contributed by atoms with Crippen LogP contribution in [0.25, 0.3) is 0 Å². The number of carbonyl (C=O) groups is 2. The van der Waals surface area contributed by atoms with Crippen molar-refractivity contribution in [3.05, 3.63) is 35.1 Å². The first-order valence-electron chi connectivity index (χ1n) is 10.1. The van der Waals surface area contributed by atoms with Crippen LogP contribution in [-0.4, -0.2) is 43.5 Å². The molecule has 1 fully saturated rings. The second-order valence-corrected chi connectivity index (χ2v) is 7.73. The predicted molar refractivity (Wildman–Crippen MR) is 103 cm³/mol. The topological polar surface area (TPSA) is 65.1 Å². The summed E-state index contributed by atoms with van der Waals surface area (Å²) in [4.78, 5) is 27.7. The van der Waals surface area contributed by atoms with Gasteiger partial charge in [0.05, 0.1) is 31.2 Å². The molecule has 0 saturated heterocycles. The van der Waals surface area contributed by atoms with Crippen molar-refractivity contribution in [2.24, 2.45) is 5.92 Å². The van der Waals surface area contributed by atoms with E-state index in [1.165, 1.54) is 0 Å². The number of amides is 1. The first-order valence-corrected chi connectivity index (χ1v) is 10.1. The molecular weight excluding hydrogens is 358 g/mol. The molecule has 0 bridgehead atoms. The second-order valence-electron chi connectivity index (χ2n) is 7.73. The van der Waals surface area contributed by atoms with E-state index in [1.807, 2.05) is 25.1 Å². The average molecular weight is 385 g/mol. The SMILES string of the molecule is CCCOc1ccc(C2C3=C(OC4CCCCC4C3=O)C(=O)N2C)cc1OC. The summed E-state index contributed by atoms with van der Waals surface area (Å²) in [5.74, 6) is 1.21. The highest BCUT2D eigenvalue weighted by molar-refractivity contribution is 6.11. The van der Waals surface area contributed by atoms with Crippen LogP contribution >= 0.6 is 0 Å². The van der Waals surface area contributed by atoms with Gasteiger partial charge in [-0.25, -0.2) is 0 Å². The van der Waals surface area contributed by atoms with Crippen LogP contribution in [0.5, 0.6) is 11.5 Å². The number of nitrogens with zero attached hydrogens (tertiary/aromatic N) is 1. The number of fused-ring (bicyclic) bond motifs is 1. The second kappa shape index (κ2) is 7.49. The summed E-state index contributed by atoms with van der Waals surface area (Å²) in [6.45, 7) is 2.64. The molecule has 2 aliphatic heterocycles.